The van der Waals surface area contributed by atoms with Gasteiger partial charge in [-0.1, -0.05) is 48.5 Å². The highest BCUT2D eigenvalue weighted by Crippen LogP contribution is 2.38. The number of nitrogens with two attached hydrogens (primary N) is 1. The molecule has 9 heteroatoms. The fourth-order valence-electron chi connectivity index (χ4n) is 5.64. The highest BCUT2D eigenvalue weighted by Gasteiger charge is 2.56. The van der Waals surface area contributed by atoms with Crippen molar-refractivity contribution in [2.24, 2.45) is 5.73 Å². The first-order chi connectivity index (χ1) is 18.1. The van der Waals surface area contributed by atoms with Gasteiger partial charge < -0.3 is 25.7 Å². The number of carbonyl (C=O) groups is 3. The Balaban J connectivity index is 1.45. The van der Waals surface area contributed by atoms with E-state index in [0.29, 0.717) is 32.4 Å². The van der Waals surface area contributed by atoms with E-state index in [1.165, 1.54) is 0 Å². The number of aromatic nitrogens is 1. The van der Waals surface area contributed by atoms with E-state index in [1.807, 2.05) is 60.8 Å². The zero-order valence-electron chi connectivity index (χ0n) is 22.1. The molecule has 0 bridgehead atoms. The van der Waals surface area contributed by atoms with Crippen molar-refractivity contribution >= 4 is 28.8 Å². The molecule has 3 heterocycles. The Morgan fingerprint density at radius 1 is 1.18 bits per heavy atom. The number of nitrogens with zero attached hydrogens (tertiary/aromatic N) is 2. The van der Waals surface area contributed by atoms with Gasteiger partial charge in [-0.15, -0.1) is 0 Å². The van der Waals surface area contributed by atoms with Crippen molar-refractivity contribution in [1.29, 1.82) is 0 Å². The lowest BCUT2D eigenvalue weighted by molar-refractivity contribution is -0.141. The number of aromatic amines is 1. The van der Waals surface area contributed by atoms with Crippen LogP contribution in [0, 0.1) is 0 Å². The zero-order valence-corrected chi connectivity index (χ0v) is 22.1. The molecule has 0 radical (unpaired) electrons. The largest absolute Gasteiger partial charge is 0.443 e. The lowest BCUT2D eigenvalue weighted by Crippen LogP contribution is -2.65. The van der Waals surface area contributed by atoms with Crippen LogP contribution in [0.2, 0.25) is 0 Å². The number of piperidine rings is 1. The van der Waals surface area contributed by atoms with Crippen LogP contribution in [0.15, 0.2) is 60.8 Å². The Morgan fingerprint density at radius 2 is 1.89 bits per heavy atom. The van der Waals surface area contributed by atoms with Gasteiger partial charge in [0, 0.05) is 56.5 Å². The predicted octanol–water partition coefficient (Wildman–Crippen LogP) is 2.60. The van der Waals surface area contributed by atoms with Crippen LogP contribution in [0.1, 0.15) is 31.4 Å². The molecule has 2 aliphatic rings. The second kappa shape index (κ2) is 9.79. The minimum atomic E-state index is -1.15. The molecule has 9 nitrogen and oxygen atoms in total. The third kappa shape index (κ3) is 4.74. The molecule has 2 aliphatic heterocycles. The number of H-pyrrole nitrogens is 1. The van der Waals surface area contributed by atoms with Crippen LogP contribution in [0.25, 0.3) is 10.9 Å². The van der Waals surface area contributed by atoms with Crippen molar-refractivity contribution in [1.82, 2.24) is 20.1 Å². The molecule has 2 saturated heterocycles. The van der Waals surface area contributed by atoms with Crippen LogP contribution in [0.5, 0.6) is 0 Å². The van der Waals surface area contributed by atoms with E-state index in [1.54, 1.807) is 30.7 Å². The molecule has 2 fully saturated rings. The van der Waals surface area contributed by atoms with Crippen molar-refractivity contribution < 1.29 is 19.1 Å². The molecule has 200 valence electrons. The van der Waals surface area contributed by atoms with Gasteiger partial charge in [0.05, 0.1) is 5.54 Å². The fourth-order valence-corrected chi connectivity index (χ4v) is 5.64. The maximum Gasteiger partial charge on any atom is 0.410 e. The number of hydrogen-bond donors (Lipinski definition) is 3. The van der Waals surface area contributed by atoms with E-state index in [4.69, 9.17) is 10.5 Å². The molecule has 1 aromatic heterocycles. The van der Waals surface area contributed by atoms with Gasteiger partial charge in [0.25, 0.3) is 0 Å². The number of carbonyl (C=O) groups excluding carboxylic acids is 3. The Hall–Kier alpha value is -3.85. The Labute approximate surface area is 222 Å². The normalized spacial score (nSPS) is 22.2. The van der Waals surface area contributed by atoms with E-state index in [-0.39, 0.29) is 18.1 Å². The lowest BCUT2D eigenvalue weighted by Gasteiger charge is -2.46. The number of hydrogen-bond acceptors (Lipinski definition) is 5. The maximum atomic E-state index is 14.1. The third-order valence-corrected chi connectivity index (χ3v) is 7.86. The van der Waals surface area contributed by atoms with Crippen molar-refractivity contribution in [2.45, 2.75) is 56.3 Å². The van der Waals surface area contributed by atoms with Crippen molar-refractivity contribution in [2.75, 3.05) is 20.1 Å². The van der Waals surface area contributed by atoms with Gasteiger partial charge in [-0.25, -0.2) is 4.79 Å². The van der Waals surface area contributed by atoms with Crippen LogP contribution in [0.4, 0.5) is 4.79 Å². The smallest absolute Gasteiger partial charge is 0.410 e. The summed E-state index contributed by atoms with van der Waals surface area (Å²) in [5.41, 5.74) is 7.18. The number of rotatable bonds is 7. The van der Waals surface area contributed by atoms with E-state index in [2.05, 4.69) is 10.3 Å². The standard InChI is InChI=1S/C29H35N5O4/c1-28(2,30)26(36)32-23(15-20-17-31-22-12-8-7-11-21(20)22)25(35)34-14-13-24-29(18-34,33(3)27(37)38-24)16-19-9-5-4-6-10-19/h4-12,17,23-24,31H,13-16,18,30H2,1-3H3,(H,32,36)/t23-,24?,29?/m1/s1. The summed E-state index contributed by atoms with van der Waals surface area (Å²) >= 11 is 0. The first-order valence-corrected chi connectivity index (χ1v) is 13.0. The molecule has 5 rings (SSSR count). The Bertz CT molecular complexity index is 1350. The van der Waals surface area contributed by atoms with Gasteiger partial charge in [0.1, 0.15) is 17.7 Å². The monoisotopic (exact) mass is 517 g/mol. The highest BCUT2D eigenvalue weighted by molar-refractivity contribution is 5.92. The molecule has 3 amide bonds. The molecule has 3 atom stereocenters. The SMILES string of the molecule is CN1C(=O)OC2CCN(C(=O)[C@@H](Cc3c[nH]c4ccccc34)NC(=O)C(C)(C)N)CC21Cc1ccccc1. The van der Waals surface area contributed by atoms with Gasteiger partial charge in [-0.2, -0.15) is 0 Å². The van der Waals surface area contributed by atoms with Crippen LogP contribution in [-0.2, 0) is 27.2 Å². The summed E-state index contributed by atoms with van der Waals surface area (Å²) in [4.78, 5) is 46.4. The number of nitrogens with one attached hydrogen (secondary N) is 2. The molecule has 0 spiro atoms. The quantitative estimate of drug-likeness (QED) is 0.445. The average Bonchev–Trinajstić information content (AvgIpc) is 3.41. The number of fused-ring (bicyclic) bond motifs is 2. The second-order valence-corrected chi connectivity index (χ2v) is 11.1. The number of benzene rings is 2. The van der Waals surface area contributed by atoms with Crippen molar-refractivity contribution in [3.05, 3.63) is 71.9 Å². The van der Waals surface area contributed by atoms with Crippen molar-refractivity contribution in [3.63, 3.8) is 0 Å². The van der Waals surface area contributed by atoms with E-state index in [9.17, 15) is 14.4 Å². The number of likely N-dealkylation sites (N-methyl/N-ethyl adjacent to an activating group) is 1. The molecule has 2 unspecified atom stereocenters. The zero-order chi connectivity index (χ0) is 27.1. The molecule has 0 saturated carbocycles. The van der Waals surface area contributed by atoms with Crippen molar-refractivity contribution in [3.8, 4) is 0 Å². The molecular weight excluding hydrogens is 482 g/mol. The first-order valence-electron chi connectivity index (χ1n) is 13.0. The van der Waals surface area contributed by atoms with Gasteiger partial charge in [-0.3, -0.25) is 14.5 Å². The molecule has 2 aromatic carbocycles. The van der Waals surface area contributed by atoms with Gasteiger partial charge in [-0.05, 0) is 31.0 Å². The number of ether oxygens (including phenoxy) is 1. The molecule has 38 heavy (non-hydrogen) atoms. The topological polar surface area (TPSA) is 121 Å². The molecule has 3 aromatic rings. The third-order valence-electron chi connectivity index (χ3n) is 7.86. The van der Waals surface area contributed by atoms with Crippen LogP contribution >= 0.6 is 0 Å². The maximum absolute atomic E-state index is 14.1. The van der Waals surface area contributed by atoms with E-state index < -0.39 is 23.0 Å². The fraction of sp³-hybridized carbons (Fsp3) is 0.414. The summed E-state index contributed by atoms with van der Waals surface area (Å²) in [7, 11) is 1.74. The highest BCUT2D eigenvalue weighted by atomic mass is 16.6. The molecule has 0 aliphatic carbocycles. The lowest BCUT2D eigenvalue weighted by atomic mass is 9.80. The first kappa shape index (κ1) is 25.8. The summed E-state index contributed by atoms with van der Waals surface area (Å²) in [6, 6.07) is 17.0. The summed E-state index contributed by atoms with van der Waals surface area (Å²) in [6.07, 6.45) is 2.56. The summed E-state index contributed by atoms with van der Waals surface area (Å²) < 4.78 is 5.74. The van der Waals surface area contributed by atoms with Gasteiger partial charge in [0.2, 0.25) is 11.8 Å². The summed E-state index contributed by atoms with van der Waals surface area (Å²) in [6.45, 7) is 3.96. The molecular formula is C29H35N5O4. The number of amides is 3. The predicted molar refractivity (Wildman–Crippen MR) is 144 cm³/mol. The average molecular weight is 518 g/mol. The Morgan fingerprint density at radius 3 is 2.63 bits per heavy atom. The van der Waals surface area contributed by atoms with Crippen LogP contribution in [-0.4, -0.2) is 76.1 Å². The second-order valence-electron chi connectivity index (χ2n) is 11.1. The minimum absolute atomic E-state index is 0.202. The summed E-state index contributed by atoms with van der Waals surface area (Å²) in [5, 5.41) is 3.92. The van der Waals surface area contributed by atoms with E-state index in [0.717, 1.165) is 22.0 Å². The summed E-state index contributed by atoms with van der Waals surface area (Å²) in [5.74, 6) is -0.604. The number of likely N-dealkylation sites (tertiary alicyclic amines) is 1. The van der Waals surface area contributed by atoms with Gasteiger partial charge in [0.15, 0.2) is 0 Å². The van der Waals surface area contributed by atoms with Crippen LogP contribution in [0.3, 0.4) is 0 Å². The Kier molecular flexibility index (Phi) is 6.65. The molecule has 4 N–H and O–H groups in total. The minimum Gasteiger partial charge on any atom is -0.443 e. The van der Waals surface area contributed by atoms with E-state index >= 15 is 0 Å². The van der Waals surface area contributed by atoms with Gasteiger partial charge >= 0.3 is 6.09 Å². The van der Waals surface area contributed by atoms with Crippen LogP contribution < -0.4 is 11.1 Å². The number of para-hydroxylation sites is 1.